The van der Waals surface area contributed by atoms with Crippen molar-refractivity contribution in [2.24, 2.45) is 11.8 Å². The Morgan fingerprint density at radius 2 is 1.52 bits per heavy atom. The Hall–Kier alpha value is -1.89. The second-order valence-electron chi connectivity index (χ2n) is 10.5. The molecule has 3 heterocycles. The van der Waals surface area contributed by atoms with Crippen LogP contribution >= 0.6 is 0 Å². The lowest BCUT2D eigenvalue weighted by atomic mass is 9.74. The smallest absolute Gasteiger partial charge is 0.246 e. The Balaban J connectivity index is 1.28. The highest BCUT2D eigenvalue weighted by molar-refractivity contribution is 6.00. The van der Waals surface area contributed by atoms with Gasteiger partial charge in [0.25, 0.3) is 0 Å². The van der Waals surface area contributed by atoms with E-state index in [1.165, 1.54) is 6.42 Å². The van der Waals surface area contributed by atoms with Crippen LogP contribution in [0.4, 0.5) is 0 Å². The fourth-order valence-electron chi connectivity index (χ4n) is 6.85. The van der Waals surface area contributed by atoms with Crippen LogP contribution in [0.15, 0.2) is 12.2 Å². The first-order valence-electron chi connectivity index (χ1n) is 12.4. The standard InChI is InChI=1S/C24H33N3O4/c28-21(25-14-6-2-1-3-7-14)18-17-12-13-24(31-17)19(18)23(30)27(16-10-11-16)20(24)22(29)26-15-8-4-5-9-15/h12-20H,1-11H2,(H,25,28)(H,26,29)/t17-,18-,19+,20-,24+/m1/s1. The van der Waals surface area contributed by atoms with Crippen molar-refractivity contribution in [1.82, 2.24) is 15.5 Å². The summed E-state index contributed by atoms with van der Waals surface area (Å²) < 4.78 is 6.39. The summed E-state index contributed by atoms with van der Waals surface area (Å²) in [5, 5.41) is 6.42. The summed E-state index contributed by atoms with van der Waals surface area (Å²) in [6.07, 6.45) is 15.1. The van der Waals surface area contributed by atoms with E-state index < -0.39 is 29.6 Å². The minimum Gasteiger partial charge on any atom is -0.359 e. The van der Waals surface area contributed by atoms with E-state index in [4.69, 9.17) is 4.74 Å². The Morgan fingerprint density at radius 1 is 0.903 bits per heavy atom. The van der Waals surface area contributed by atoms with Gasteiger partial charge >= 0.3 is 0 Å². The normalized spacial score (nSPS) is 39.9. The van der Waals surface area contributed by atoms with Gasteiger partial charge in [0.1, 0.15) is 11.6 Å². The van der Waals surface area contributed by atoms with Crippen molar-refractivity contribution in [3.8, 4) is 0 Å². The number of hydrogen-bond acceptors (Lipinski definition) is 4. The number of rotatable bonds is 5. The number of amides is 3. The van der Waals surface area contributed by atoms with E-state index in [9.17, 15) is 14.4 Å². The minimum atomic E-state index is -0.998. The number of carbonyl (C=O) groups is 3. The molecule has 0 aromatic carbocycles. The first-order chi connectivity index (χ1) is 15.1. The van der Waals surface area contributed by atoms with Crippen molar-refractivity contribution in [3.05, 3.63) is 12.2 Å². The molecule has 0 unspecified atom stereocenters. The van der Waals surface area contributed by atoms with Crippen molar-refractivity contribution in [2.75, 3.05) is 0 Å². The molecule has 0 aromatic rings. The average molecular weight is 428 g/mol. The van der Waals surface area contributed by atoms with Crippen molar-refractivity contribution >= 4 is 17.7 Å². The van der Waals surface area contributed by atoms with Crippen molar-refractivity contribution < 1.29 is 19.1 Å². The van der Waals surface area contributed by atoms with Crippen molar-refractivity contribution in [2.45, 2.75) is 107 Å². The lowest BCUT2D eigenvalue weighted by Gasteiger charge is -2.33. The summed E-state index contributed by atoms with van der Waals surface area (Å²) in [6, 6.07) is -0.179. The SMILES string of the molecule is O=C(NC1CCCCC1)[C@H]1[C@H]2C(=O)N(C3CC3)[C@H](C(=O)NC3CCCC3)[C@]23C=C[C@H]1O3. The zero-order chi connectivity index (χ0) is 21.2. The van der Waals surface area contributed by atoms with E-state index in [1.807, 2.05) is 12.2 Å². The number of carbonyl (C=O) groups excluding carboxylic acids is 3. The van der Waals surface area contributed by atoms with Gasteiger partial charge in [-0.3, -0.25) is 14.4 Å². The third kappa shape index (κ3) is 3.06. The predicted molar refractivity (Wildman–Crippen MR) is 113 cm³/mol. The fourth-order valence-corrected chi connectivity index (χ4v) is 6.85. The molecule has 3 saturated carbocycles. The molecule has 1 spiro atoms. The molecule has 2 saturated heterocycles. The van der Waals surface area contributed by atoms with Gasteiger partial charge in [-0.15, -0.1) is 0 Å². The number of nitrogens with one attached hydrogen (secondary N) is 2. The molecule has 7 nitrogen and oxygen atoms in total. The van der Waals surface area contributed by atoms with Gasteiger partial charge in [-0.05, 0) is 38.5 Å². The Labute approximate surface area is 183 Å². The van der Waals surface area contributed by atoms with E-state index in [0.29, 0.717) is 0 Å². The maximum absolute atomic E-state index is 13.7. The van der Waals surface area contributed by atoms with Crippen molar-refractivity contribution in [1.29, 1.82) is 0 Å². The number of ether oxygens (including phenoxy) is 1. The molecule has 2 N–H and O–H groups in total. The number of fused-ring (bicyclic) bond motifs is 1. The fraction of sp³-hybridized carbons (Fsp3) is 0.792. The number of likely N-dealkylation sites (tertiary alicyclic amines) is 1. The van der Waals surface area contributed by atoms with Crippen LogP contribution in [0.3, 0.4) is 0 Å². The van der Waals surface area contributed by atoms with Crippen LogP contribution in [0.5, 0.6) is 0 Å². The van der Waals surface area contributed by atoms with Crippen LogP contribution in [0.25, 0.3) is 0 Å². The molecule has 168 valence electrons. The molecule has 0 radical (unpaired) electrons. The lowest BCUT2D eigenvalue weighted by molar-refractivity contribution is -0.142. The zero-order valence-electron chi connectivity index (χ0n) is 18.1. The Morgan fingerprint density at radius 3 is 2.16 bits per heavy atom. The van der Waals surface area contributed by atoms with Gasteiger partial charge in [-0.2, -0.15) is 0 Å². The van der Waals surface area contributed by atoms with Gasteiger partial charge in [0.05, 0.1) is 17.9 Å². The Kier molecular flexibility index (Phi) is 4.67. The molecule has 6 rings (SSSR count). The van der Waals surface area contributed by atoms with Gasteiger partial charge in [-0.1, -0.05) is 44.3 Å². The summed E-state index contributed by atoms with van der Waals surface area (Å²) >= 11 is 0. The van der Waals surface area contributed by atoms with E-state index in [0.717, 1.165) is 64.2 Å². The van der Waals surface area contributed by atoms with Gasteiger partial charge in [0.15, 0.2) is 0 Å². The quantitative estimate of drug-likeness (QED) is 0.655. The monoisotopic (exact) mass is 427 g/mol. The average Bonchev–Trinajstić information content (AvgIpc) is 3.11. The predicted octanol–water partition coefficient (Wildman–Crippen LogP) is 1.81. The van der Waals surface area contributed by atoms with E-state index in [-0.39, 0.29) is 35.8 Å². The van der Waals surface area contributed by atoms with Gasteiger partial charge in [-0.25, -0.2) is 0 Å². The maximum atomic E-state index is 13.7. The Bertz CT molecular complexity index is 812. The first kappa shape index (κ1) is 19.8. The van der Waals surface area contributed by atoms with Crippen LogP contribution in [0.2, 0.25) is 0 Å². The van der Waals surface area contributed by atoms with Gasteiger partial charge in [0, 0.05) is 18.1 Å². The van der Waals surface area contributed by atoms with Crippen LogP contribution in [0.1, 0.15) is 70.6 Å². The molecule has 5 atom stereocenters. The summed E-state index contributed by atoms with van der Waals surface area (Å²) in [6.45, 7) is 0. The van der Waals surface area contributed by atoms with Crippen LogP contribution in [0, 0.1) is 11.8 Å². The van der Waals surface area contributed by atoms with E-state index in [1.54, 1.807) is 4.90 Å². The summed E-state index contributed by atoms with van der Waals surface area (Å²) in [5.74, 6) is -1.37. The molecular weight excluding hydrogens is 394 g/mol. The topological polar surface area (TPSA) is 87.7 Å². The molecule has 31 heavy (non-hydrogen) atoms. The summed E-state index contributed by atoms with van der Waals surface area (Å²) in [4.78, 5) is 42.3. The highest BCUT2D eigenvalue weighted by Crippen LogP contribution is 2.57. The molecule has 0 aromatic heterocycles. The van der Waals surface area contributed by atoms with E-state index in [2.05, 4.69) is 10.6 Å². The molecule has 3 amide bonds. The third-order valence-corrected chi connectivity index (χ3v) is 8.46. The van der Waals surface area contributed by atoms with Crippen molar-refractivity contribution in [3.63, 3.8) is 0 Å². The first-order valence-corrected chi connectivity index (χ1v) is 12.4. The molecule has 7 heteroatoms. The lowest BCUT2D eigenvalue weighted by Crippen LogP contribution is -2.56. The van der Waals surface area contributed by atoms with Gasteiger partial charge < -0.3 is 20.3 Å². The number of nitrogens with zero attached hydrogens (tertiary/aromatic N) is 1. The molecular formula is C24H33N3O4. The molecule has 2 bridgehead atoms. The second kappa shape index (κ2) is 7.32. The maximum Gasteiger partial charge on any atom is 0.246 e. The van der Waals surface area contributed by atoms with Gasteiger partial charge in [0.2, 0.25) is 17.7 Å². The third-order valence-electron chi connectivity index (χ3n) is 8.46. The van der Waals surface area contributed by atoms with E-state index >= 15 is 0 Å². The zero-order valence-corrected chi connectivity index (χ0v) is 18.1. The highest BCUT2D eigenvalue weighted by Gasteiger charge is 2.74. The minimum absolute atomic E-state index is 0.0651. The summed E-state index contributed by atoms with van der Waals surface area (Å²) in [7, 11) is 0. The molecule has 3 aliphatic heterocycles. The molecule has 6 aliphatic rings. The van der Waals surface area contributed by atoms with Crippen LogP contribution in [-0.2, 0) is 19.1 Å². The molecule has 5 fully saturated rings. The summed E-state index contributed by atoms with van der Waals surface area (Å²) in [5.41, 5.74) is -0.998. The number of hydrogen-bond donors (Lipinski definition) is 2. The van der Waals surface area contributed by atoms with Crippen LogP contribution in [-0.4, -0.2) is 58.5 Å². The largest absolute Gasteiger partial charge is 0.359 e. The van der Waals surface area contributed by atoms with Crippen LogP contribution < -0.4 is 10.6 Å². The molecule has 3 aliphatic carbocycles. The highest BCUT2D eigenvalue weighted by atomic mass is 16.5. The second-order valence-corrected chi connectivity index (χ2v) is 10.5.